The first kappa shape index (κ1) is 12.1. The molecule has 2 rings (SSSR count). The third-order valence-corrected chi connectivity index (χ3v) is 3.81. The van der Waals surface area contributed by atoms with Crippen molar-refractivity contribution in [2.75, 3.05) is 0 Å². The van der Waals surface area contributed by atoms with Gasteiger partial charge >= 0.3 is 0 Å². The van der Waals surface area contributed by atoms with E-state index in [2.05, 4.69) is 10.3 Å². The molecule has 7 heteroatoms. The molecule has 0 spiro atoms. The Balaban J connectivity index is 2.59. The second-order valence-corrected chi connectivity index (χ2v) is 6.23. The van der Waals surface area contributed by atoms with Gasteiger partial charge in [0.2, 0.25) is 0 Å². The van der Waals surface area contributed by atoms with E-state index in [9.17, 15) is 8.42 Å². The van der Waals surface area contributed by atoms with Gasteiger partial charge in [-0.1, -0.05) is 17.3 Å². The zero-order valence-corrected chi connectivity index (χ0v) is 10.8. The Hall–Kier alpha value is -1.40. The normalized spacial score (nSPS) is 11.7. The average molecular weight is 272 g/mol. The molecular formula is C10H10ClN3O2S. The summed E-state index contributed by atoms with van der Waals surface area (Å²) in [5, 5.41) is 7.71. The number of rotatable bonds is 2. The molecule has 1 aromatic heterocycles. The van der Waals surface area contributed by atoms with Crippen molar-refractivity contribution in [3.63, 3.8) is 0 Å². The molecule has 0 fully saturated rings. The van der Waals surface area contributed by atoms with Gasteiger partial charge in [-0.15, -0.1) is 5.10 Å². The second kappa shape index (κ2) is 4.12. The minimum atomic E-state index is -3.74. The molecule has 0 aliphatic carbocycles. The van der Waals surface area contributed by atoms with Crippen molar-refractivity contribution < 1.29 is 8.42 Å². The largest absolute Gasteiger partial charge is 0.261 e. The van der Waals surface area contributed by atoms with Gasteiger partial charge in [0.05, 0.1) is 11.1 Å². The van der Waals surface area contributed by atoms with Crippen LogP contribution in [0.25, 0.3) is 11.3 Å². The van der Waals surface area contributed by atoms with Gasteiger partial charge in [0.1, 0.15) is 5.69 Å². The Morgan fingerprint density at radius 1 is 1.35 bits per heavy atom. The predicted molar refractivity (Wildman–Crippen MR) is 64.2 cm³/mol. The van der Waals surface area contributed by atoms with Crippen LogP contribution >= 0.6 is 10.7 Å². The van der Waals surface area contributed by atoms with E-state index < -0.39 is 9.05 Å². The fraction of sp³-hybridized carbons (Fsp3) is 0.200. The van der Waals surface area contributed by atoms with E-state index in [0.717, 1.165) is 0 Å². The highest BCUT2D eigenvalue weighted by Crippen LogP contribution is 2.25. The molecule has 0 atom stereocenters. The highest BCUT2D eigenvalue weighted by molar-refractivity contribution is 8.13. The van der Waals surface area contributed by atoms with Crippen molar-refractivity contribution >= 4 is 19.7 Å². The van der Waals surface area contributed by atoms with E-state index in [1.165, 1.54) is 6.07 Å². The first-order valence-electron chi connectivity index (χ1n) is 4.80. The maximum absolute atomic E-state index is 11.4. The highest BCUT2D eigenvalue weighted by atomic mass is 35.7. The van der Waals surface area contributed by atoms with Crippen LogP contribution in [0.1, 0.15) is 5.56 Å². The maximum Gasteiger partial charge on any atom is 0.261 e. The molecule has 1 heterocycles. The quantitative estimate of drug-likeness (QED) is 0.780. The summed E-state index contributed by atoms with van der Waals surface area (Å²) >= 11 is 0. The summed E-state index contributed by atoms with van der Waals surface area (Å²) < 4.78 is 24.3. The second-order valence-electron chi connectivity index (χ2n) is 3.70. The summed E-state index contributed by atoms with van der Waals surface area (Å²) in [6, 6.07) is 4.98. The Morgan fingerprint density at radius 2 is 2.06 bits per heavy atom. The molecule has 0 saturated carbocycles. The molecule has 0 aliphatic heterocycles. The lowest BCUT2D eigenvalue weighted by atomic mass is 10.1. The van der Waals surface area contributed by atoms with Crippen molar-refractivity contribution in [2.24, 2.45) is 7.05 Å². The molecule has 0 radical (unpaired) electrons. The number of nitrogens with zero attached hydrogens (tertiary/aromatic N) is 3. The van der Waals surface area contributed by atoms with Crippen molar-refractivity contribution in [1.29, 1.82) is 0 Å². The van der Waals surface area contributed by atoms with Gasteiger partial charge in [-0.3, -0.25) is 4.68 Å². The molecule has 0 unspecified atom stereocenters. The van der Waals surface area contributed by atoms with Crippen molar-refractivity contribution in [3.05, 3.63) is 30.0 Å². The summed E-state index contributed by atoms with van der Waals surface area (Å²) in [5.41, 5.74) is 1.88. The van der Waals surface area contributed by atoms with E-state index in [0.29, 0.717) is 16.8 Å². The van der Waals surface area contributed by atoms with Gasteiger partial charge in [-0.2, -0.15) is 0 Å². The molecule has 17 heavy (non-hydrogen) atoms. The zero-order valence-electron chi connectivity index (χ0n) is 9.25. The summed E-state index contributed by atoms with van der Waals surface area (Å²) in [5.74, 6) is 0. The number of benzene rings is 1. The van der Waals surface area contributed by atoms with Gasteiger partial charge in [-0.25, -0.2) is 8.42 Å². The molecule has 0 bridgehead atoms. The molecular weight excluding hydrogens is 262 g/mol. The van der Waals surface area contributed by atoms with Crippen LogP contribution in [0, 0.1) is 6.92 Å². The lowest BCUT2D eigenvalue weighted by Gasteiger charge is -2.03. The number of hydrogen-bond donors (Lipinski definition) is 0. The summed E-state index contributed by atoms with van der Waals surface area (Å²) in [6.07, 6.45) is 1.70. The van der Waals surface area contributed by atoms with E-state index >= 15 is 0 Å². The molecule has 1 aromatic carbocycles. The zero-order chi connectivity index (χ0) is 12.6. The number of aryl methyl sites for hydroxylation is 2. The smallest absolute Gasteiger partial charge is 0.255 e. The van der Waals surface area contributed by atoms with Crippen LogP contribution in [-0.2, 0) is 16.1 Å². The topological polar surface area (TPSA) is 64.8 Å². The molecule has 2 aromatic rings. The van der Waals surface area contributed by atoms with Gasteiger partial charge in [0.15, 0.2) is 0 Å². The van der Waals surface area contributed by atoms with Crippen molar-refractivity contribution in [2.45, 2.75) is 11.8 Å². The first-order valence-corrected chi connectivity index (χ1v) is 7.11. The maximum atomic E-state index is 11.4. The van der Waals surface area contributed by atoms with E-state index in [4.69, 9.17) is 10.7 Å². The van der Waals surface area contributed by atoms with E-state index in [1.807, 2.05) is 0 Å². The Bertz CT molecular complexity index is 664. The number of halogens is 1. The molecule has 5 nitrogen and oxygen atoms in total. The lowest BCUT2D eigenvalue weighted by molar-refractivity contribution is 0.609. The van der Waals surface area contributed by atoms with Crippen LogP contribution in [0.5, 0.6) is 0 Å². The minimum absolute atomic E-state index is 0.0994. The SMILES string of the molecule is Cc1ccc(-c2cn(C)nn2)cc1S(=O)(=O)Cl. The fourth-order valence-corrected chi connectivity index (χ4v) is 2.72. The van der Waals surface area contributed by atoms with Gasteiger partial charge in [0.25, 0.3) is 9.05 Å². The van der Waals surface area contributed by atoms with E-state index in [-0.39, 0.29) is 4.90 Å². The Labute approximate surface area is 103 Å². The Morgan fingerprint density at radius 3 is 2.59 bits per heavy atom. The van der Waals surface area contributed by atoms with Crippen LogP contribution < -0.4 is 0 Å². The van der Waals surface area contributed by atoms with Gasteiger partial charge in [0, 0.05) is 23.3 Å². The number of hydrogen-bond acceptors (Lipinski definition) is 4. The van der Waals surface area contributed by atoms with Crippen molar-refractivity contribution in [1.82, 2.24) is 15.0 Å². The van der Waals surface area contributed by atoms with Gasteiger partial charge in [-0.05, 0) is 18.6 Å². The first-order chi connectivity index (χ1) is 7.88. The minimum Gasteiger partial charge on any atom is -0.255 e. The summed E-state index contributed by atoms with van der Waals surface area (Å²) in [6.45, 7) is 1.69. The standard InChI is InChI=1S/C10H10ClN3O2S/c1-7-3-4-8(5-10(7)17(11,15)16)9-6-14(2)13-12-9/h3-6H,1-2H3. The van der Waals surface area contributed by atoms with Crippen molar-refractivity contribution in [3.8, 4) is 11.3 Å². The number of aromatic nitrogens is 3. The summed E-state index contributed by atoms with van der Waals surface area (Å²) in [7, 11) is 3.36. The fourth-order valence-electron chi connectivity index (χ4n) is 1.50. The predicted octanol–water partition coefficient (Wildman–Crippen LogP) is 1.72. The summed E-state index contributed by atoms with van der Waals surface area (Å²) in [4.78, 5) is 0.0994. The lowest BCUT2D eigenvalue weighted by Crippen LogP contribution is -1.95. The van der Waals surface area contributed by atoms with Crippen LogP contribution in [0.2, 0.25) is 0 Å². The van der Waals surface area contributed by atoms with Crippen LogP contribution in [0.3, 0.4) is 0 Å². The van der Waals surface area contributed by atoms with E-state index in [1.54, 1.807) is 37.0 Å². The third kappa shape index (κ3) is 2.48. The monoisotopic (exact) mass is 271 g/mol. The third-order valence-electron chi connectivity index (χ3n) is 2.35. The van der Waals surface area contributed by atoms with Gasteiger partial charge < -0.3 is 0 Å². The molecule has 0 saturated heterocycles. The van der Waals surface area contributed by atoms with Crippen LogP contribution in [-0.4, -0.2) is 23.4 Å². The molecule has 90 valence electrons. The van der Waals surface area contributed by atoms with Crippen LogP contribution in [0.15, 0.2) is 29.3 Å². The average Bonchev–Trinajstić information content (AvgIpc) is 2.64. The molecule has 0 aliphatic rings. The molecule has 0 N–H and O–H groups in total. The van der Waals surface area contributed by atoms with Crippen LogP contribution in [0.4, 0.5) is 0 Å². The molecule has 0 amide bonds. The highest BCUT2D eigenvalue weighted by Gasteiger charge is 2.15. The Kier molecular flexibility index (Phi) is 2.92.